The van der Waals surface area contributed by atoms with E-state index in [0.29, 0.717) is 28.0 Å². The average Bonchev–Trinajstić information content (AvgIpc) is 3.42. The molecule has 10 heteroatoms. The van der Waals surface area contributed by atoms with Crippen LogP contribution in [-0.4, -0.2) is 39.1 Å². The summed E-state index contributed by atoms with van der Waals surface area (Å²) in [4.78, 5) is 24.7. The van der Waals surface area contributed by atoms with Crippen molar-refractivity contribution in [3.63, 3.8) is 0 Å². The fourth-order valence-electron chi connectivity index (χ4n) is 3.07. The lowest BCUT2D eigenvalue weighted by molar-refractivity contribution is -0.113. The zero-order valence-electron chi connectivity index (χ0n) is 17.8. The minimum atomic E-state index is -0.256. The van der Waals surface area contributed by atoms with Crippen molar-refractivity contribution in [1.29, 1.82) is 0 Å². The number of fused-ring (bicyclic) bond motifs is 1. The van der Waals surface area contributed by atoms with E-state index >= 15 is 0 Å². The predicted molar refractivity (Wildman–Crippen MR) is 120 cm³/mol. The Kier molecular flexibility index (Phi) is 6.60. The van der Waals surface area contributed by atoms with Gasteiger partial charge in [0.2, 0.25) is 12.7 Å². The normalized spacial score (nSPS) is 11.9. The van der Waals surface area contributed by atoms with Gasteiger partial charge >= 0.3 is 0 Å². The van der Waals surface area contributed by atoms with Gasteiger partial charge < -0.3 is 24.7 Å². The molecule has 0 atom stereocenters. The maximum absolute atomic E-state index is 12.4. The Labute approximate surface area is 189 Å². The van der Waals surface area contributed by atoms with Gasteiger partial charge in [0.15, 0.2) is 22.5 Å². The first-order chi connectivity index (χ1) is 15.5. The van der Waals surface area contributed by atoms with Gasteiger partial charge in [-0.15, -0.1) is 10.2 Å². The van der Waals surface area contributed by atoms with E-state index in [1.807, 2.05) is 24.3 Å². The fourth-order valence-corrected chi connectivity index (χ4v) is 3.80. The second-order valence-electron chi connectivity index (χ2n) is 7.10. The number of nitrogens with zero attached hydrogens (tertiary/aromatic N) is 3. The maximum Gasteiger partial charge on any atom is 0.251 e. The van der Waals surface area contributed by atoms with Gasteiger partial charge in [0.1, 0.15) is 0 Å². The molecule has 0 bridgehead atoms. The van der Waals surface area contributed by atoms with Crippen molar-refractivity contribution in [3.8, 4) is 11.5 Å². The Bertz CT molecular complexity index is 1130. The molecule has 0 spiro atoms. The maximum atomic E-state index is 12.4. The lowest BCUT2D eigenvalue weighted by Gasteiger charge is -2.07. The molecule has 2 heterocycles. The van der Waals surface area contributed by atoms with Gasteiger partial charge in [0.05, 0.1) is 12.3 Å². The van der Waals surface area contributed by atoms with Gasteiger partial charge in [-0.3, -0.25) is 9.59 Å². The zero-order valence-corrected chi connectivity index (χ0v) is 18.6. The van der Waals surface area contributed by atoms with Crippen LogP contribution >= 0.6 is 11.8 Å². The van der Waals surface area contributed by atoms with E-state index in [1.54, 1.807) is 29.8 Å². The largest absolute Gasteiger partial charge is 0.454 e. The van der Waals surface area contributed by atoms with E-state index in [4.69, 9.17) is 9.47 Å². The smallest absolute Gasteiger partial charge is 0.251 e. The standard InChI is InChI=1S/C22H23N5O4S/c1-3-14-4-7-16(8-5-14)24-20(28)12-32-22-26-25-19(27(22)2)11-23-21(29)15-6-9-17-18(10-15)31-13-30-17/h4-10H,3,11-13H2,1-2H3,(H,23,29)(H,24,28). The number of carbonyl (C=O) groups excluding carboxylic acids is 2. The first-order valence-corrected chi connectivity index (χ1v) is 11.1. The van der Waals surface area contributed by atoms with E-state index in [2.05, 4.69) is 27.8 Å². The number of amides is 2. The van der Waals surface area contributed by atoms with Crippen LogP contribution in [0.5, 0.6) is 11.5 Å². The molecule has 0 radical (unpaired) electrons. The van der Waals surface area contributed by atoms with Crippen molar-refractivity contribution in [2.24, 2.45) is 7.05 Å². The highest BCUT2D eigenvalue weighted by Gasteiger charge is 2.17. The lowest BCUT2D eigenvalue weighted by atomic mass is 10.1. The average molecular weight is 454 g/mol. The molecule has 0 fully saturated rings. The second kappa shape index (κ2) is 9.73. The SMILES string of the molecule is CCc1ccc(NC(=O)CSc2nnc(CNC(=O)c3ccc4c(c3)OCO4)n2C)cc1. The summed E-state index contributed by atoms with van der Waals surface area (Å²) < 4.78 is 12.3. The van der Waals surface area contributed by atoms with Crippen molar-refractivity contribution in [1.82, 2.24) is 20.1 Å². The Morgan fingerprint density at radius 2 is 1.88 bits per heavy atom. The molecule has 0 aliphatic carbocycles. The summed E-state index contributed by atoms with van der Waals surface area (Å²) in [5.41, 5.74) is 2.45. The van der Waals surface area contributed by atoms with Crippen molar-refractivity contribution in [2.45, 2.75) is 25.0 Å². The third kappa shape index (κ3) is 5.02. The number of ether oxygens (including phenoxy) is 2. The number of carbonyl (C=O) groups is 2. The Morgan fingerprint density at radius 1 is 1.09 bits per heavy atom. The van der Waals surface area contributed by atoms with Crippen LogP contribution in [0.1, 0.15) is 28.7 Å². The molecule has 3 aromatic rings. The summed E-state index contributed by atoms with van der Waals surface area (Å²) in [5.74, 6) is 1.57. The minimum Gasteiger partial charge on any atom is -0.454 e. The first kappa shape index (κ1) is 21.7. The topological polar surface area (TPSA) is 107 Å². The molecular formula is C22H23N5O4S. The van der Waals surface area contributed by atoms with Crippen LogP contribution in [0.4, 0.5) is 5.69 Å². The van der Waals surface area contributed by atoms with Gasteiger partial charge in [-0.05, 0) is 42.3 Å². The van der Waals surface area contributed by atoms with Crippen LogP contribution in [-0.2, 0) is 24.8 Å². The van der Waals surface area contributed by atoms with Crippen molar-refractivity contribution < 1.29 is 19.1 Å². The number of hydrogen-bond acceptors (Lipinski definition) is 7. The molecule has 1 aliphatic heterocycles. The number of aromatic nitrogens is 3. The van der Waals surface area contributed by atoms with E-state index in [0.717, 1.165) is 12.1 Å². The summed E-state index contributed by atoms with van der Waals surface area (Å²) in [6.45, 7) is 2.44. The third-order valence-corrected chi connectivity index (χ3v) is 5.97. The summed E-state index contributed by atoms with van der Waals surface area (Å²) in [5, 5.41) is 14.5. The molecule has 1 aliphatic rings. The van der Waals surface area contributed by atoms with Crippen LogP contribution in [0.3, 0.4) is 0 Å². The predicted octanol–water partition coefficient (Wildman–Crippen LogP) is 2.77. The number of hydrogen-bond donors (Lipinski definition) is 2. The van der Waals surface area contributed by atoms with Gasteiger partial charge in [0.25, 0.3) is 5.91 Å². The lowest BCUT2D eigenvalue weighted by Crippen LogP contribution is -2.24. The quantitative estimate of drug-likeness (QED) is 0.505. The fraction of sp³-hybridized carbons (Fsp3) is 0.273. The highest BCUT2D eigenvalue weighted by atomic mass is 32.2. The van der Waals surface area contributed by atoms with E-state index in [1.165, 1.54) is 17.3 Å². The first-order valence-electron chi connectivity index (χ1n) is 10.1. The Morgan fingerprint density at radius 3 is 2.66 bits per heavy atom. The number of thioether (sulfide) groups is 1. The summed E-state index contributed by atoms with van der Waals surface area (Å²) in [6.07, 6.45) is 0.954. The molecule has 2 N–H and O–H groups in total. The number of aryl methyl sites for hydroxylation is 1. The van der Waals surface area contributed by atoms with E-state index < -0.39 is 0 Å². The zero-order chi connectivity index (χ0) is 22.5. The molecule has 1 aromatic heterocycles. The van der Waals surface area contributed by atoms with Crippen molar-refractivity contribution in [2.75, 3.05) is 17.9 Å². The highest BCUT2D eigenvalue weighted by molar-refractivity contribution is 7.99. The van der Waals surface area contributed by atoms with Crippen LogP contribution in [0.2, 0.25) is 0 Å². The minimum absolute atomic E-state index is 0.125. The summed E-state index contributed by atoms with van der Waals surface area (Å²) >= 11 is 1.28. The number of anilines is 1. The van der Waals surface area contributed by atoms with Crippen molar-refractivity contribution in [3.05, 3.63) is 59.4 Å². The van der Waals surface area contributed by atoms with E-state index in [9.17, 15) is 9.59 Å². The Hall–Kier alpha value is -3.53. The molecule has 2 aromatic carbocycles. The van der Waals surface area contributed by atoms with Crippen molar-refractivity contribution >= 4 is 29.3 Å². The molecule has 2 amide bonds. The molecule has 9 nitrogen and oxygen atoms in total. The van der Waals surface area contributed by atoms with Gasteiger partial charge in [-0.25, -0.2) is 0 Å². The van der Waals surface area contributed by atoms with Gasteiger partial charge in [-0.2, -0.15) is 0 Å². The summed E-state index contributed by atoms with van der Waals surface area (Å²) in [7, 11) is 1.80. The van der Waals surface area contributed by atoms with E-state index in [-0.39, 0.29) is 30.9 Å². The molecule has 0 saturated heterocycles. The van der Waals surface area contributed by atoms with Crippen LogP contribution < -0.4 is 20.1 Å². The molecule has 4 rings (SSSR count). The highest BCUT2D eigenvalue weighted by Crippen LogP contribution is 2.32. The third-order valence-electron chi connectivity index (χ3n) is 4.95. The van der Waals surface area contributed by atoms with Gasteiger partial charge in [-0.1, -0.05) is 30.8 Å². The Balaban J connectivity index is 1.28. The molecule has 32 heavy (non-hydrogen) atoms. The molecular weight excluding hydrogens is 430 g/mol. The number of benzene rings is 2. The molecule has 166 valence electrons. The van der Waals surface area contributed by atoms with Gasteiger partial charge in [0, 0.05) is 18.3 Å². The number of nitrogens with one attached hydrogen (secondary N) is 2. The molecule has 0 saturated carbocycles. The molecule has 0 unspecified atom stereocenters. The van der Waals surface area contributed by atoms with Crippen LogP contribution in [0, 0.1) is 0 Å². The van der Waals surface area contributed by atoms with Crippen LogP contribution in [0.25, 0.3) is 0 Å². The number of rotatable bonds is 8. The monoisotopic (exact) mass is 453 g/mol. The van der Waals surface area contributed by atoms with Crippen LogP contribution in [0.15, 0.2) is 47.6 Å². The summed E-state index contributed by atoms with van der Waals surface area (Å²) in [6, 6.07) is 12.8. The second-order valence-corrected chi connectivity index (χ2v) is 8.04.